The summed E-state index contributed by atoms with van der Waals surface area (Å²) < 4.78 is 4.78. The minimum atomic E-state index is 0.732. The molecule has 0 aliphatic carbocycles. The Hall–Kier alpha value is -1.30. The molecule has 2 heterocycles. The number of aryl methyl sites for hydroxylation is 3. The highest BCUT2D eigenvalue weighted by Gasteiger charge is 2.12. The molecule has 0 aliphatic heterocycles. The molecule has 2 aromatic heterocycles. The molecule has 6 heteroatoms. The average Bonchev–Trinajstić information content (AvgIpc) is 2.82. The highest BCUT2D eigenvalue weighted by atomic mass is 79.9. The van der Waals surface area contributed by atoms with Crippen LogP contribution in [0.1, 0.15) is 18.3 Å². The second kappa shape index (κ2) is 4.91. The molecule has 2 rings (SSSR count). The summed E-state index contributed by atoms with van der Waals surface area (Å²) in [5.41, 5.74) is 3.25. The fourth-order valence-electron chi connectivity index (χ4n) is 1.71. The standard InChI is InChI=1S/C11H16BrN5/c1-4-9-11(12)10(17(3)15-9)6-13-8-5-14-16(2)7-8/h5,7,13H,4,6H2,1-3H3. The topological polar surface area (TPSA) is 47.7 Å². The molecule has 2 aromatic rings. The van der Waals surface area contributed by atoms with Gasteiger partial charge in [-0.2, -0.15) is 10.2 Å². The molecular weight excluding hydrogens is 282 g/mol. The van der Waals surface area contributed by atoms with Gasteiger partial charge in [-0.05, 0) is 22.4 Å². The van der Waals surface area contributed by atoms with Crippen LogP contribution in [-0.4, -0.2) is 19.6 Å². The lowest BCUT2D eigenvalue weighted by Gasteiger charge is -2.04. The second-order valence-corrected chi connectivity index (χ2v) is 4.73. The number of rotatable bonds is 4. The van der Waals surface area contributed by atoms with E-state index in [4.69, 9.17) is 0 Å². The minimum absolute atomic E-state index is 0.732. The molecular formula is C11H16BrN5. The first-order valence-corrected chi connectivity index (χ1v) is 6.34. The number of halogens is 1. The first kappa shape index (κ1) is 12.2. The van der Waals surface area contributed by atoms with Gasteiger partial charge in [0.05, 0.1) is 34.3 Å². The normalized spacial score (nSPS) is 10.8. The second-order valence-electron chi connectivity index (χ2n) is 3.94. The maximum atomic E-state index is 4.46. The van der Waals surface area contributed by atoms with E-state index in [9.17, 15) is 0 Å². The van der Waals surface area contributed by atoms with Gasteiger partial charge in [0.25, 0.3) is 0 Å². The lowest BCUT2D eigenvalue weighted by molar-refractivity contribution is 0.706. The van der Waals surface area contributed by atoms with E-state index in [0.717, 1.165) is 34.5 Å². The molecule has 0 aromatic carbocycles. The van der Waals surface area contributed by atoms with Crippen LogP contribution < -0.4 is 5.32 Å². The van der Waals surface area contributed by atoms with Crippen molar-refractivity contribution in [2.24, 2.45) is 14.1 Å². The third-order valence-corrected chi connectivity index (χ3v) is 3.58. The lowest BCUT2D eigenvalue weighted by Crippen LogP contribution is -2.05. The molecule has 17 heavy (non-hydrogen) atoms. The van der Waals surface area contributed by atoms with Gasteiger partial charge in [-0.25, -0.2) is 0 Å². The molecule has 0 saturated heterocycles. The molecule has 5 nitrogen and oxygen atoms in total. The van der Waals surface area contributed by atoms with Gasteiger partial charge in [-0.3, -0.25) is 9.36 Å². The Morgan fingerprint density at radius 2 is 2.18 bits per heavy atom. The van der Waals surface area contributed by atoms with E-state index in [-0.39, 0.29) is 0 Å². The fraction of sp³-hybridized carbons (Fsp3) is 0.455. The van der Waals surface area contributed by atoms with Crippen LogP contribution in [0.15, 0.2) is 16.9 Å². The van der Waals surface area contributed by atoms with Crippen molar-refractivity contribution in [1.29, 1.82) is 0 Å². The van der Waals surface area contributed by atoms with Crippen LogP contribution in [0.3, 0.4) is 0 Å². The Bertz CT molecular complexity index is 514. The molecule has 0 aliphatic rings. The fourth-order valence-corrected chi connectivity index (χ4v) is 2.47. The Morgan fingerprint density at radius 1 is 1.41 bits per heavy atom. The zero-order valence-corrected chi connectivity index (χ0v) is 11.8. The van der Waals surface area contributed by atoms with Crippen molar-refractivity contribution in [3.63, 3.8) is 0 Å². The first-order valence-electron chi connectivity index (χ1n) is 5.54. The van der Waals surface area contributed by atoms with Crippen LogP contribution in [-0.2, 0) is 27.1 Å². The number of hydrogen-bond donors (Lipinski definition) is 1. The van der Waals surface area contributed by atoms with Crippen LogP contribution in [0.2, 0.25) is 0 Å². The van der Waals surface area contributed by atoms with E-state index in [2.05, 4.69) is 38.4 Å². The van der Waals surface area contributed by atoms with E-state index in [1.807, 2.05) is 31.2 Å². The number of hydrogen-bond acceptors (Lipinski definition) is 3. The van der Waals surface area contributed by atoms with E-state index in [0.29, 0.717) is 0 Å². The maximum Gasteiger partial charge on any atom is 0.0767 e. The molecule has 0 atom stereocenters. The molecule has 0 bridgehead atoms. The molecule has 0 radical (unpaired) electrons. The van der Waals surface area contributed by atoms with Crippen molar-refractivity contribution < 1.29 is 0 Å². The van der Waals surface area contributed by atoms with Gasteiger partial charge in [0.15, 0.2) is 0 Å². The van der Waals surface area contributed by atoms with Crippen molar-refractivity contribution in [3.05, 3.63) is 28.3 Å². The van der Waals surface area contributed by atoms with Crippen molar-refractivity contribution in [1.82, 2.24) is 19.6 Å². The average molecular weight is 298 g/mol. The maximum absolute atomic E-state index is 4.46. The Labute approximate surface area is 109 Å². The van der Waals surface area contributed by atoms with Gasteiger partial charge in [0, 0.05) is 20.3 Å². The van der Waals surface area contributed by atoms with E-state index >= 15 is 0 Å². The predicted molar refractivity (Wildman–Crippen MR) is 70.8 cm³/mol. The van der Waals surface area contributed by atoms with Gasteiger partial charge >= 0.3 is 0 Å². The third-order valence-electron chi connectivity index (χ3n) is 2.67. The number of aromatic nitrogens is 4. The Balaban J connectivity index is 2.11. The van der Waals surface area contributed by atoms with E-state index in [1.165, 1.54) is 0 Å². The molecule has 1 N–H and O–H groups in total. The molecule has 0 spiro atoms. The van der Waals surface area contributed by atoms with Crippen LogP contribution in [0.25, 0.3) is 0 Å². The summed E-state index contributed by atoms with van der Waals surface area (Å²) in [4.78, 5) is 0. The third kappa shape index (κ3) is 2.52. The summed E-state index contributed by atoms with van der Waals surface area (Å²) in [6, 6.07) is 0. The van der Waals surface area contributed by atoms with Gasteiger partial charge in [-0.15, -0.1) is 0 Å². The van der Waals surface area contributed by atoms with Crippen molar-refractivity contribution in [2.45, 2.75) is 19.9 Å². The van der Waals surface area contributed by atoms with Crippen molar-refractivity contribution in [2.75, 3.05) is 5.32 Å². The Kier molecular flexibility index (Phi) is 3.51. The number of nitrogens with one attached hydrogen (secondary N) is 1. The van der Waals surface area contributed by atoms with Crippen LogP contribution >= 0.6 is 15.9 Å². The highest BCUT2D eigenvalue weighted by Crippen LogP contribution is 2.22. The quantitative estimate of drug-likeness (QED) is 0.940. The summed E-state index contributed by atoms with van der Waals surface area (Å²) in [5, 5.41) is 11.9. The highest BCUT2D eigenvalue weighted by molar-refractivity contribution is 9.10. The van der Waals surface area contributed by atoms with Gasteiger partial charge in [0.2, 0.25) is 0 Å². The SMILES string of the molecule is CCc1nn(C)c(CNc2cnn(C)c2)c1Br. The minimum Gasteiger partial charge on any atom is -0.377 e. The summed E-state index contributed by atoms with van der Waals surface area (Å²) in [7, 11) is 3.87. The predicted octanol–water partition coefficient (Wildman–Crippen LogP) is 2.09. The van der Waals surface area contributed by atoms with E-state index < -0.39 is 0 Å². The van der Waals surface area contributed by atoms with E-state index in [1.54, 1.807) is 4.68 Å². The summed E-state index contributed by atoms with van der Waals surface area (Å²) in [6.45, 7) is 2.83. The smallest absolute Gasteiger partial charge is 0.0767 e. The molecule has 0 unspecified atom stereocenters. The zero-order chi connectivity index (χ0) is 12.4. The lowest BCUT2D eigenvalue weighted by atomic mass is 10.3. The largest absolute Gasteiger partial charge is 0.377 e. The summed E-state index contributed by atoms with van der Waals surface area (Å²) >= 11 is 3.60. The summed E-state index contributed by atoms with van der Waals surface area (Å²) in [6.07, 6.45) is 4.69. The van der Waals surface area contributed by atoms with Crippen molar-refractivity contribution >= 4 is 21.6 Å². The van der Waals surface area contributed by atoms with Crippen molar-refractivity contribution in [3.8, 4) is 0 Å². The molecule has 0 saturated carbocycles. The molecule has 0 amide bonds. The monoisotopic (exact) mass is 297 g/mol. The molecule has 0 fully saturated rings. The number of nitrogens with zero attached hydrogens (tertiary/aromatic N) is 4. The van der Waals surface area contributed by atoms with Gasteiger partial charge in [0.1, 0.15) is 0 Å². The van der Waals surface area contributed by atoms with Crippen LogP contribution in [0, 0.1) is 0 Å². The molecule has 92 valence electrons. The first-order chi connectivity index (χ1) is 8.11. The van der Waals surface area contributed by atoms with Crippen LogP contribution in [0.4, 0.5) is 5.69 Å². The van der Waals surface area contributed by atoms with Gasteiger partial charge in [-0.1, -0.05) is 6.92 Å². The van der Waals surface area contributed by atoms with Crippen LogP contribution in [0.5, 0.6) is 0 Å². The van der Waals surface area contributed by atoms with Gasteiger partial charge < -0.3 is 5.32 Å². The Morgan fingerprint density at radius 3 is 2.71 bits per heavy atom. The number of anilines is 1. The zero-order valence-electron chi connectivity index (χ0n) is 10.2. The summed E-state index contributed by atoms with van der Waals surface area (Å²) in [5.74, 6) is 0.